The van der Waals surface area contributed by atoms with Gasteiger partial charge in [-0.1, -0.05) is 0 Å². The van der Waals surface area contributed by atoms with Crippen molar-refractivity contribution < 1.29 is 30.7 Å². The Kier molecular flexibility index (Phi) is 12.7. The Hall–Kier alpha value is -0.750. The Morgan fingerprint density at radius 3 is 1.33 bits per heavy atom. The van der Waals surface area contributed by atoms with Crippen molar-refractivity contribution >= 4 is 26.1 Å². The molecule has 1 amide bonds. The van der Waals surface area contributed by atoms with Gasteiger partial charge in [0.25, 0.3) is 20.2 Å². The van der Waals surface area contributed by atoms with Gasteiger partial charge in [0.2, 0.25) is 5.91 Å². The van der Waals surface area contributed by atoms with Crippen LogP contribution in [0, 0.1) is 0 Å². The van der Waals surface area contributed by atoms with Crippen LogP contribution in [-0.4, -0.2) is 69.9 Å². The zero-order valence-electron chi connectivity index (χ0n) is 10.7. The highest BCUT2D eigenvalue weighted by molar-refractivity contribution is 7.85. The Morgan fingerprint density at radius 2 is 1.28 bits per heavy atom. The standard InChI is InChI=1S/C5H12N2O.2CH4O3S/c1-7(2)4-3-5(6)8;2*1-5(2,3)4/h3-4H2,1-2H3,(H2,6,8);2*1H3,(H,2,3,4). The van der Waals surface area contributed by atoms with Crippen LogP contribution < -0.4 is 5.73 Å². The van der Waals surface area contributed by atoms with E-state index in [1.165, 1.54) is 0 Å². The van der Waals surface area contributed by atoms with Crippen LogP contribution in [0.1, 0.15) is 6.42 Å². The van der Waals surface area contributed by atoms with Crippen LogP contribution in [0.3, 0.4) is 0 Å². The number of carbonyl (C=O) groups is 1. The van der Waals surface area contributed by atoms with E-state index in [0.29, 0.717) is 18.9 Å². The monoisotopic (exact) mass is 308 g/mol. The van der Waals surface area contributed by atoms with Gasteiger partial charge in [0.05, 0.1) is 12.5 Å². The Morgan fingerprint density at radius 1 is 1.06 bits per heavy atom. The lowest BCUT2D eigenvalue weighted by atomic mass is 10.4. The first kappa shape index (κ1) is 22.4. The Labute approximate surface area is 107 Å². The van der Waals surface area contributed by atoms with E-state index in [4.69, 9.17) is 14.8 Å². The lowest BCUT2D eigenvalue weighted by Gasteiger charge is -2.05. The molecule has 0 spiro atoms. The smallest absolute Gasteiger partial charge is 0.261 e. The first-order chi connectivity index (χ1) is 7.63. The van der Waals surface area contributed by atoms with E-state index in [9.17, 15) is 21.6 Å². The summed E-state index contributed by atoms with van der Waals surface area (Å²) >= 11 is 0. The third-order valence-corrected chi connectivity index (χ3v) is 0.805. The molecule has 0 atom stereocenters. The van der Waals surface area contributed by atoms with Crippen LogP contribution in [0.4, 0.5) is 0 Å². The molecular weight excluding hydrogens is 288 g/mol. The average Bonchev–Trinajstić information content (AvgIpc) is 1.93. The van der Waals surface area contributed by atoms with Crippen molar-refractivity contribution in [2.24, 2.45) is 5.73 Å². The van der Waals surface area contributed by atoms with Crippen molar-refractivity contribution in [2.75, 3.05) is 33.2 Å². The second kappa shape index (κ2) is 10.2. The van der Waals surface area contributed by atoms with Gasteiger partial charge in [-0.2, -0.15) is 16.8 Å². The molecule has 0 aromatic rings. The molecule has 0 aromatic carbocycles. The predicted octanol–water partition coefficient (Wildman–Crippen LogP) is -1.57. The molecule has 0 saturated carbocycles. The van der Waals surface area contributed by atoms with Crippen LogP contribution in [0.25, 0.3) is 0 Å². The molecule has 0 heterocycles. The van der Waals surface area contributed by atoms with Crippen LogP contribution >= 0.6 is 0 Å². The summed E-state index contributed by atoms with van der Waals surface area (Å²) in [6, 6.07) is 0. The highest BCUT2D eigenvalue weighted by atomic mass is 32.2. The van der Waals surface area contributed by atoms with Crippen LogP contribution in [0.2, 0.25) is 0 Å². The van der Waals surface area contributed by atoms with Crippen molar-refractivity contribution in [1.82, 2.24) is 4.90 Å². The maximum absolute atomic E-state index is 10.1. The molecule has 0 aromatic heterocycles. The summed E-state index contributed by atoms with van der Waals surface area (Å²) in [6.07, 6.45) is 1.88. The quantitative estimate of drug-likeness (QED) is 0.528. The molecule has 4 N–H and O–H groups in total. The molecule has 18 heavy (non-hydrogen) atoms. The number of nitrogens with zero attached hydrogens (tertiary/aromatic N) is 1. The highest BCUT2D eigenvalue weighted by Gasteiger charge is 1.93. The fourth-order valence-electron chi connectivity index (χ4n) is 0.334. The van der Waals surface area contributed by atoms with Crippen LogP contribution in [-0.2, 0) is 25.0 Å². The van der Waals surface area contributed by atoms with Gasteiger partial charge in [0.1, 0.15) is 0 Å². The number of primary amides is 1. The number of nitrogens with two attached hydrogens (primary N) is 1. The lowest BCUT2D eigenvalue weighted by Crippen LogP contribution is -2.20. The summed E-state index contributed by atoms with van der Waals surface area (Å²) in [7, 11) is -3.52. The number of rotatable bonds is 3. The fourth-order valence-corrected chi connectivity index (χ4v) is 0.334. The summed E-state index contributed by atoms with van der Waals surface area (Å²) in [5, 5.41) is 0. The number of carbonyl (C=O) groups excluding carboxylic acids is 1. The molecule has 0 aliphatic carbocycles. The van der Waals surface area contributed by atoms with E-state index in [0.717, 1.165) is 6.54 Å². The normalized spacial score (nSPS) is 10.8. The van der Waals surface area contributed by atoms with Crippen molar-refractivity contribution in [1.29, 1.82) is 0 Å². The molecule has 0 aliphatic heterocycles. The van der Waals surface area contributed by atoms with Crippen LogP contribution in [0.5, 0.6) is 0 Å². The van der Waals surface area contributed by atoms with E-state index in [1.807, 2.05) is 19.0 Å². The number of hydrogen-bond donors (Lipinski definition) is 3. The molecule has 112 valence electrons. The Bertz CT molecular complexity index is 367. The third kappa shape index (κ3) is 171. The first-order valence-corrected chi connectivity index (χ1v) is 8.10. The van der Waals surface area contributed by atoms with Gasteiger partial charge >= 0.3 is 0 Å². The van der Waals surface area contributed by atoms with Crippen molar-refractivity contribution in [3.05, 3.63) is 0 Å². The molecule has 0 aliphatic rings. The number of hydrogen-bond acceptors (Lipinski definition) is 6. The minimum absolute atomic E-state index is 0.237. The van der Waals surface area contributed by atoms with E-state index in [-0.39, 0.29) is 5.91 Å². The van der Waals surface area contributed by atoms with E-state index in [2.05, 4.69) is 0 Å². The molecule has 0 unspecified atom stereocenters. The predicted molar refractivity (Wildman–Crippen MR) is 67.3 cm³/mol. The highest BCUT2D eigenvalue weighted by Crippen LogP contribution is 1.78. The zero-order chi connectivity index (χ0) is 15.6. The SMILES string of the molecule is CN(C)CCC(N)=O.CS(=O)(=O)O.CS(=O)(=O)O. The summed E-state index contributed by atoms with van der Waals surface area (Å²) in [5.74, 6) is -0.237. The molecule has 0 bridgehead atoms. The van der Waals surface area contributed by atoms with E-state index < -0.39 is 20.2 Å². The second-order valence-electron chi connectivity index (χ2n) is 3.49. The maximum Gasteiger partial charge on any atom is 0.261 e. The summed E-state index contributed by atoms with van der Waals surface area (Å²) in [5.41, 5.74) is 4.88. The zero-order valence-corrected chi connectivity index (χ0v) is 12.3. The van der Waals surface area contributed by atoms with Gasteiger partial charge in [-0.15, -0.1) is 0 Å². The summed E-state index contributed by atoms with van der Waals surface area (Å²) < 4.78 is 51.7. The molecule has 9 nitrogen and oxygen atoms in total. The molecular formula is C7H20N2O7S2. The third-order valence-electron chi connectivity index (χ3n) is 0.805. The van der Waals surface area contributed by atoms with Gasteiger partial charge in [0.15, 0.2) is 0 Å². The lowest BCUT2D eigenvalue weighted by molar-refractivity contribution is -0.118. The summed E-state index contributed by atoms with van der Waals surface area (Å²) in [4.78, 5) is 12.0. The molecule has 0 radical (unpaired) electrons. The van der Waals surface area contributed by atoms with Crippen molar-refractivity contribution in [2.45, 2.75) is 6.42 Å². The van der Waals surface area contributed by atoms with E-state index in [1.54, 1.807) is 0 Å². The van der Waals surface area contributed by atoms with Gasteiger partial charge in [-0.3, -0.25) is 13.9 Å². The minimum Gasteiger partial charge on any atom is -0.370 e. The van der Waals surface area contributed by atoms with Gasteiger partial charge < -0.3 is 10.6 Å². The molecule has 0 fully saturated rings. The first-order valence-electron chi connectivity index (χ1n) is 4.41. The van der Waals surface area contributed by atoms with Gasteiger partial charge in [-0.05, 0) is 14.1 Å². The van der Waals surface area contributed by atoms with Gasteiger partial charge in [-0.25, -0.2) is 0 Å². The fraction of sp³-hybridized carbons (Fsp3) is 0.857. The summed E-state index contributed by atoms with van der Waals surface area (Å²) in [6.45, 7) is 0.745. The second-order valence-corrected chi connectivity index (χ2v) is 6.42. The average molecular weight is 308 g/mol. The largest absolute Gasteiger partial charge is 0.370 e. The van der Waals surface area contributed by atoms with E-state index >= 15 is 0 Å². The maximum atomic E-state index is 10.1. The molecule has 11 heteroatoms. The van der Waals surface area contributed by atoms with Gasteiger partial charge in [0, 0.05) is 13.0 Å². The van der Waals surface area contributed by atoms with Crippen molar-refractivity contribution in [3.63, 3.8) is 0 Å². The molecule has 0 rings (SSSR count). The Balaban J connectivity index is -0.000000197. The van der Waals surface area contributed by atoms with Crippen LogP contribution in [0.15, 0.2) is 0 Å². The van der Waals surface area contributed by atoms with Crippen molar-refractivity contribution in [3.8, 4) is 0 Å². The topological polar surface area (TPSA) is 155 Å². The molecule has 0 saturated heterocycles. The minimum atomic E-state index is -3.67. The number of amides is 1.